The first-order chi connectivity index (χ1) is 13.6. The number of thiazole rings is 1. The quantitative estimate of drug-likeness (QED) is 0.665. The third-order valence-electron chi connectivity index (χ3n) is 4.13. The van der Waals surface area contributed by atoms with E-state index in [1.165, 1.54) is 4.90 Å². The highest BCUT2D eigenvalue weighted by Gasteiger charge is 2.29. The molecule has 7 nitrogen and oxygen atoms in total. The summed E-state index contributed by atoms with van der Waals surface area (Å²) in [4.78, 5) is 41.1. The molecule has 0 atom stereocenters. The lowest BCUT2D eigenvalue weighted by molar-refractivity contribution is -0.125. The first-order valence-corrected chi connectivity index (χ1v) is 10.3. The number of amides is 4. The maximum absolute atomic E-state index is 12.1. The maximum atomic E-state index is 12.1. The molecule has 0 spiro atoms. The largest absolute Gasteiger partial charge is 0.331 e. The van der Waals surface area contributed by atoms with E-state index in [4.69, 9.17) is 0 Å². The van der Waals surface area contributed by atoms with Crippen LogP contribution in [0.25, 0.3) is 10.2 Å². The number of carbonyl (C=O) groups is 3. The van der Waals surface area contributed by atoms with Crippen molar-refractivity contribution in [3.8, 4) is 0 Å². The van der Waals surface area contributed by atoms with Crippen LogP contribution in [0.5, 0.6) is 0 Å². The number of thioether (sulfide) groups is 1. The molecule has 0 radical (unpaired) electrons. The minimum atomic E-state index is -0.326. The van der Waals surface area contributed by atoms with Gasteiger partial charge in [-0.2, -0.15) is 0 Å². The third-order valence-corrected chi connectivity index (χ3v) is 6.03. The van der Waals surface area contributed by atoms with Gasteiger partial charge in [-0.1, -0.05) is 36.0 Å². The number of benzene rings is 2. The second-order valence-electron chi connectivity index (χ2n) is 6.11. The Balaban J connectivity index is 1.30. The predicted molar refractivity (Wildman–Crippen MR) is 110 cm³/mol. The van der Waals surface area contributed by atoms with Gasteiger partial charge in [-0.25, -0.2) is 9.78 Å². The molecular weight excluding hydrogens is 396 g/mol. The van der Waals surface area contributed by atoms with E-state index < -0.39 is 0 Å². The number of fused-ring (bicyclic) bond motifs is 1. The molecule has 1 saturated heterocycles. The van der Waals surface area contributed by atoms with Crippen LogP contribution >= 0.6 is 23.1 Å². The van der Waals surface area contributed by atoms with Crippen molar-refractivity contribution < 1.29 is 14.4 Å². The minimum absolute atomic E-state index is 0.175. The number of carbonyl (C=O) groups excluding carboxylic acids is 3. The van der Waals surface area contributed by atoms with Gasteiger partial charge in [0.15, 0.2) is 0 Å². The van der Waals surface area contributed by atoms with Crippen molar-refractivity contribution in [1.29, 1.82) is 0 Å². The highest BCUT2D eigenvalue weighted by atomic mass is 32.2. The number of aromatic nitrogens is 1. The molecule has 0 bridgehead atoms. The Bertz CT molecular complexity index is 1000. The zero-order chi connectivity index (χ0) is 19.5. The molecule has 4 rings (SSSR count). The molecule has 9 heteroatoms. The van der Waals surface area contributed by atoms with E-state index in [2.05, 4.69) is 15.6 Å². The SMILES string of the molecule is O=C(NCc1nc2ccccc2s1)Nc1ccc(CN2C(=O)CSC2=O)cc1. The number of hydrogen-bond acceptors (Lipinski definition) is 6. The summed E-state index contributed by atoms with van der Waals surface area (Å²) in [5, 5.41) is 6.17. The molecule has 2 heterocycles. The molecule has 28 heavy (non-hydrogen) atoms. The number of hydrogen-bond donors (Lipinski definition) is 2. The first-order valence-electron chi connectivity index (χ1n) is 8.54. The number of nitrogens with one attached hydrogen (secondary N) is 2. The Morgan fingerprint density at radius 3 is 2.61 bits per heavy atom. The van der Waals surface area contributed by atoms with E-state index in [9.17, 15) is 14.4 Å². The fourth-order valence-corrected chi connectivity index (χ4v) is 4.37. The Morgan fingerprint density at radius 1 is 1.11 bits per heavy atom. The monoisotopic (exact) mass is 412 g/mol. The molecular formula is C19H16N4O3S2. The number of urea groups is 1. The van der Waals surface area contributed by atoms with Gasteiger partial charge < -0.3 is 10.6 Å². The van der Waals surface area contributed by atoms with Crippen LogP contribution in [-0.2, 0) is 17.9 Å². The van der Waals surface area contributed by atoms with Gasteiger partial charge in [0.05, 0.1) is 29.1 Å². The van der Waals surface area contributed by atoms with Crippen molar-refractivity contribution in [2.75, 3.05) is 11.1 Å². The zero-order valence-corrected chi connectivity index (χ0v) is 16.3. The van der Waals surface area contributed by atoms with E-state index in [1.807, 2.05) is 24.3 Å². The molecule has 0 unspecified atom stereocenters. The minimum Gasteiger partial charge on any atom is -0.331 e. The Morgan fingerprint density at radius 2 is 1.89 bits per heavy atom. The van der Waals surface area contributed by atoms with Crippen LogP contribution < -0.4 is 10.6 Å². The van der Waals surface area contributed by atoms with Crippen molar-refractivity contribution in [2.24, 2.45) is 0 Å². The predicted octanol–water partition coefficient (Wildman–Crippen LogP) is 3.81. The van der Waals surface area contributed by atoms with E-state index in [1.54, 1.807) is 35.6 Å². The normalized spacial score (nSPS) is 13.9. The van der Waals surface area contributed by atoms with Gasteiger partial charge in [0.1, 0.15) is 5.01 Å². The van der Waals surface area contributed by atoms with Crippen LogP contribution in [0.3, 0.4) is 0 Å². The summed E-state index contributed by atoms with van der Waals surface area (Å²) in [5.74, 6) is 0.0271. The van der Waals surface area contributed by atoms with Crippen LogP contribution in [-0.4, -0.2) is 32.8 Å². The zero-order valence-electron chi connectivity index (χ0n) is 14.7. The molecule has 2 aromatic carbocycles. The summed E-state index contributed by atoms with van der Waals surface area (Å²) in [6, 6.07) is 14.6. The molecule has 0 aliphatic carbocycles. The average molecular weight is 412 g/mol. The highest BCUT2D eigenvalue weighted by molar-refractivity contribution is 8.14. The van der Waals surface area contributed by atoms with Crippen molar-refractivity contribution >= 4 is 56.2 Å². The van der Waals surface area contributed by atoms with Crippen molar-refractivity contribution in [3.05, 3.63) is 59.1 Å². The van der Waals surface area contributed by atoms with Gasteiger partial charge in [-0.05, 0) is 29.8 Å². The summed E-state index contributed by atoms with van der Waals surface area (Å²) in [7, 11) is 0. The molecule has 142 valence electrons. The second kappa shape index (κ2) is 7.99. The van der Waals surface area contributed by atoms with Crippen molar-refractivity contribution in [3.63, 3.8) is 0 Å². The highest BCUT2D eigenvalue weighted by Crippen LogP contribution is 2.22. The van der Waals surface area contributed by atoms with Gasteiger partial charge in [0.25, 0.3) is 5.24 Å². The van der Waals surface area contributed by atoms with Crippen molar-refractivity contribution in [2.45, 2.75) is 13.1 Å². The van der Waals surface area contributed by atoms with Crippen LogP contribution in [0, 0.1) is 0 Å². The topological polar surface area (TPSA) is 91.4 Å². The number of para-hydroxylation sites is 1. The fraction of sp³-hybridized carbons (Fsp3) is 0.158. The maximum Gasteiger partial charge on any atom is 0.319 e. The Labute approximate surface area is 169 Å². The number of nitrogens with zero attached hydrogens (tertiary/aromatic N) is 2. The lowest BCUT2D eigenvalue weighted by Gasteiger charge is -2.13. The number of imide groups is 1. The molecule has 3 aromatic rings. The smallest absolute Gasteiger partial charge is 0.319 e. The van der Waals surface area contributed by atoms with Gasteiger partial charge in [0, 0.05) is 5.69 Å². The summed E-state index contributed by atoms with van der Waals surface area (Å²) >= 11 is 2.56. The summed E-state index contributed by atoms with van der Waals surface area (Å²) < 4.78 is 1.09. The lowest BCUT2D eigenvalue weighted by atomic mass is 10.2. The van der Waals surface area contributed by atoms with Gasteiger partial charge in [-0.15, -0.1) is 11.3 Å². The standard InChI is InChI=1S/C19H16N4O3S2/c24-17-11-27-19(26)23(17)10-12-5-7-13(8-6-12)21-18(25)20-9-16-22-14-3-1-2-4-15(14)28-16/h1-8H,9-11H2,(H2,20,21,25). The van der Waals surface area contributed by atoms with E-state index in [0.29, 0.717) is 12.2 Å². The molecule has 1 aliphatic heterocycles. The molecule has 2 N–H and O–H groups in total. The van der Waals surface area contributed by atoms with E-state index in [-0.39, 0.29) is 29.5 Å². The van der Waals surface area contributed by atoms with Gasteiger partial charge in [-0.3, -0.25) is 14.5 Å². The molecule has 1 aromatic heterocycles. The van der Waals surface area contributed by atoms with E-state index >= 15 is 0 Å². The summed E-state index contributed by atoms with van der Waals surface area (Å²) in [6.07, 6.45) is 0. The second-order valence-corrected chi connectivity index (χ2v) is 8.16. The molecule has 4 amide bonds. The first kappa shape index (κ1) is 18.5. The number of anilines is 1. The van der Waals surface area contributed by atoms with E-state index in [0.717, 1.165) is 32.5 Å². The average Bonchev–Trinajstić information content (AvgIpc) is 3.25. The van der Waals surface area contributed by atoms with Crippen LogP contribution in [0.15, 0.2) is 48.5 Å². The van der Waals surface area contributed by atoms with Crippen molar-refractivity contribution in [1.82, 2.24) is 15.2 Å². The Kier molecular flexibility index (Phi) is 5.27. The molecule has 1 aliphatic rings. The van der Waals surface area contributed by atoms with Crippen LogP contribution in [0.2, 0.25) is 0 Å². The lowest BCUT2D eigenvalue weighted by Crippen LogP contribution is -2.28. The van der Waals surface area contributed by atoms with Crippen LogP contribution in [0.4, 0.5) is 15.3 Å². The van der Waals surface area contributed by atoms with Gasteiger partial charge in [0.2, 0.25) is 5.91 Å². The molecule has 1 fully saturated rings. The summed E-state index contributed by atoms with van der Waals surface area (Å²) in [6.45, 7) is 0.592. The summed E-state index contributed by atoms with van der Waals surface area (Å²) in [5.41, 5.74) is 2.37. The molecule has 0 saturated carbocycles. The fourth-order valence-electron chi connectivity index (χ4n) is 2.74. The number of rotatable bonds is 5. The van der Waals surface area contributed by atoms with Crippen LogP contribution in [0.1, 0.15) is 10.6 Å². The Hall–Kier alpha value is -2.91. The van der Waals surface area contributed by atoms with Gasteiger partial charge >= 0.3 is 6.03 Å². The third kappa shape index (κ3) is 4.15.